The number of halogens is 1. The highest BCUT2D eigenvalue weighted by Crippen LogP contribution is 2.44. The number of nitrogens with zero attached hydrogens (tertiary/aromatic N) is 6. The molecule has 3 saturated heterocycles. The largest absolute Gasteiger partial charge is 0.455 e. The first kappa shape index (κ1) is 57.9. The fourth-order valence-corrected chi connectivity index (χ4v) is 13.0. The van der Waals surface area contributed by atoms with Crippen molar-refractivity contribution in [2.75, 3.05) is 62.6 Å². The molecule has 11 rings (SSSR count). The van der Waals surface area contributed by atoms with Gasteiger partial charge in [0, 0.05) is 98.8 Å². The quantitative estimate of drug-likeness (QED) is 0.0326. The second-order valence-electron chi connectivity index (χ2n) is 22.8. The molecular weight excluding hydrogens is 1130 g/mol. The molecule has 3 fully saturated rings. The fraction of sp³-hybridized carbons (Fsp3) is 0.339. The molecule has 6 heterocycles. The van der Waals surface area contributed by atoms with Gasteiger partial charge in [-0.1, -0.05) is 61.1 Å². The van der Waals surface area contributed by atoms with Crippen LogP contribution in [-0.2, 0) is 24.4 Å². The summed E-state index contributed by atoms with van der Waals surface area (Å²) in [5.74, 6) is 1.97. The van der Waals surface area contributed by atoms with Gasteiger partial charge in [-0.05, 0) is 122 Å². The molecule has 4 aliphatic heterocycles. The van der Waals surface area contributed by atoms with E-state index in [0.717, 1.165) is 60.9 Å². The minimum atomic E-state index is -4.71. The summed E-state index contributed by atoms with van der Waals surface area (Å²) in [6.07, 6.45) is 7.39. The number of nitro benzene ring substituents is 1. The molecular formula is C62H61ClN10O11S. The second-order valence-corrected chi connectivity index (χ2v) is 24.9. The number of nitro groups is 1. The van der Waals surface area contributed by atoms with Crippen molar-refractivity contribution < 1.29 is 46.8 Å². The number of H-pyrrole nitrogens is 1. The third-order valence-electron chi connectivity index (χ3n) is 16.4. The van der Waals surface area contributed by atoms with Gasteiger partial charge in [0.2, 0.25) is 17.7 Å². The summed E-state index contributed by atoms with van der Waals surface area (Å²) in [5, 5.41) is 19.2. The Kier molecular flexibility index (Phi) is 16.3. The third-order valence-corrected chi connectivity index (χ3v) is 18.0. The van der Waals surface area contributed by atoms with Gasteiger partial charge in [0.15, 0.2) is 0 Å². The van der Waals surface area contributed by atoms with Gasteiger partial charge in [0.05, 0.1) is 39.1 Å². The fourth-order valence-electron chi connectivity index (χ4n) is 11.9. The number of likely N-dealkylation sites (tertiary alicyclic amines) is 1. The maximum Gasteiger partial charge on any atom is 0.293 e. The van der Waals surface area contributed by atoms with E-state index >= 15 is 0 Å². The number of sulfonamides is 1. The Morgan fingerprint density at radius 2 is 1.73 bits per heavy atom. The highest BCUT2D eigenvalue weighted by Gasteiger charge is 2.45. The van der Waals surface area contributed by atoms with E-state index in [0.29, 0.717) is 55.4 Å². The van der Waals surface area contributed by atoms with Gasteiger partial charge in [-0.2, -0.15) is 0 Å². The second kappa shape index (κ2) is 24.0. The standard InChI is InChI=1S/C62H61ClN10O11S/c1-62(2)23-21-42(49(33-62)39-11-13-43(63)14-12-39)37-69-26-28-70(29-27-69)44-15-17-47(53(31-44)84-45-30-41-22-24-64-57(41)66-35-45)58(76)68-85(82,83)46-16-18-50(52(32-46)73(80)81)65-34-38-6-5-25-71(36-38)55(75)10-4-8-40-7-3-9-48-56(40)61(79)72(60(48)78)51-19-20-54(74)67-59(51)77/h3,7,9,11-18,22,24,30-32,35,38,51,65H,5-6,10,19-21,23,25-29,33-34,36-37H2,1-2H3,(H,64,66)(H,68,76)(H,67,74,77). The number of allylic oxidation sites excluding steroid dienone is 1. The van der Waals surface area contributed by atoms with Crippen LogP contribution >= 0.6 is 11.6 Å². The van der Waals surface area contributed by atoms with Crippen LogP contribution in [0, 0.1) is 33.3 Å². The van der Waals surface area contributed by atoms with Crippen LogP contribution in [-0.4, -0.2) is 132 Å². The van der Waals surface area contributed by atoms with Gasteiger partial charge in [-0.3, -0.25) is 54.0 Å². The number of pyridine rings is 1. The molecule has 2 aromatic heterocycles. The molecule has 4 N–H and O–H groups in total. The van der Waals surface area contributed by atoms with Crippen LogP contribution in [0.3, 0.4) is 0 Å². The van der Waals surface area contributed by atoms with Gasteiger partial charge in [0.1, 0.15) is 28.9 Å². The number of hydrogen-bond acceptors (Lipinski definition) is 15. The number of aromatic amines is 1. The molecule has 2 atom stereocenters. The molecule has 6 aromatic rings. The number of hydrogen-bond donors (Lipinski definition) is 4. The predicted molar refractivity (Wildman–Crippen MR) is 317 cm³/mol. The highest BCUT2D eigenvalue weighted by atomic mass is 35.5. The molecule has 85 heavy (non-hydrogen) atoms. The highest BCUT2D eigenvalue weighted by molar-refractivity contribution is 7.90. The summed E-state index contributed by atoms with van der Waals surface area (Å²) >= 11 is 6.26. The molecule has 21 nitrogen and oxygen atoms in total. The number of anilines is 2. The third kappa shape index (κ3) is 12.6. The monoisotopic (exact) mass is 1190 g/mol. The maximum absolute atomic E-state index is 14.2. The first-order valence-corrected chi connectivity index (χ1v) is 30.0. The normalized spacial score (nSPS) is 19.1. The minimum Gasteiger partial charge on any atom is -0.455 e. The van der Waals surface area contributed by atoms with Crippen LogP contribution in [0.25, 0.3) is 16.6 Å². The molecule has 2 unspecified atom stereocenters. The zero-order valence-corrected chi connectivity index (χ0v) is 48.3. The van der Waals surface area contributed by atoms with E-state index in [2.05, 4.69) is 72.9 Å². The van der Waals surface area contributed by atoms with Crippen LogP contribution in [0.5, 0.6) is 11.5 Å². The number of nitrogens with one attached hydrogen (secondary N) is 4. The van der Waals surface area contributed by atoms with Gasteiger partial charge < -0.3 is 24.8 Å². The van der Waals surface area contributed by atoms with Gasteiger partial charge >= 0.3 is 0 Å². The van der Waals surface area contributed by atoms with Crippen molar-refractivity contribution in [2.24, 2.45) is 11.3 Å². The van der Waals surface area contributed by atoms with Crippen LogP contribution in [0.15, 0.2) is 114 Å². The molecule has 0 radical (unpaired) electrons. The van der Waals surface area contributed by atoms with E-state index in [1.165, 1.54) is 47.2 Å². The molecule has 0 spiro atoms. The van der Waals surface area contributed by atoms with Crippen molar-refractivity contribution in [2.45, 2.75) is 76.2 Å². The number of piperidine rings is 2. The lowest BCUT2D eigenvalue weighted by atomic mass is 9.72. The van der Waals surface area contributed by atoms with Crippen LogP contribution < -0.4 is 25.0 Å². The average molecular weight is 1190 g/mol. The van der Waals surface area contributed by atoms with E-state index in [1.807, 2.05) is 18.2 Å². The Labute approximate surface area is 495 Å². The first-order valence-electron chi connectivity index (χ1n) is 28.2. The SMILES string of the molecule is CC1(C)CCC(CN2CCN(c3ccc(C(=O)NS(=O)(=O)c4ccc(NCC5CCCN(C(=O)CC#Cc6cccc7c6C(=O)N(C6CCC(=O)NC6=O)C7=O)C5)c([N+](=O)[O-])c4)c(Oc4cnc5[nH]ccc5c4)c3)CC2)=C(c2ccc(Cl)cc2)C1. The average Bonchev–Trinajstić information content (AvgIpc) is 2.20. The van der Waals surface area contributed by atoms with E-state index in [-0.39, 0.29) is 76.7 Å². The topological polar surface area (TPSA) is 267 Å². The number of fused-ring (bicyclic) bond motifs is 2. The van der Waals surface area contributed by atoms with E-state index in [4.69, 9.17) is 16.3 Å². The van der Waals surface area contributed by atoms with Crippen LogP contribution in [0.4, 0.5) is 17.1 Å². The zero-order valence-electron chi connectivity index (χ0n) is 46.7. The number of rotatable bonds is 15. The van der Waals surface area contributed by atoms with Crippen LogP contribution in [0.2, 0.25) is 5.02 Å². The van der Waals surface area contributed by atoms with Crippen molar-refractivity contribution in [1.29, 1.82) is 0 Å². The smallest absolute Gasteiger partial charge is 0.293 e. The summed E-state index contributed by atoms with van der Waals surface area (Å²) in [6, 6.07) is 23.4. The number of carbonyl (C=O) groups is 6. The van der Waals surface area contributed by atoms with E-state index < -0.39 is 61.1 Å². The summed E-state index contributed by atoms with van der Waals surface area (Å²) in [6.45, 7) is 9.31. The number of imide groups is 2. The van der Waals surface area contributed by atoms with Crippen LogP contribution in [0.1, 0.15) is 107 Å². The van der Waals surface area contributed by atoms with Crippen molar-refractivity contribution in [1.82, 2.24) is 34.7 Å². The first-order chi connectivity index (χ1) is 40.8. The number of carbonyl (C=O) groups excluding carboxylic acids is 6. The Bertz CT molecular complexity index is 3940. The zero-order chi connectivity index (χ0) is 59.7. The van der Waals surface area contributed by atoms with Crippen molar-refractivity contribution >= 4 is 90.7 Å². The number of benzene rings is 4. The summed E-state index contributed by atoms with van der Waals surface area (Å²) in [5.41, 5.74) is 5.27. The number of ether oxygens (including phenoxy) is 1. The number of amides is 6. The lowest BCUT2D eigenvalue weighted by Gasteiger charge is -2.39. The number of aromatic nitrogens is 2. The summed E-state index contributed by atoms with van der Waals surface area (Å²) in [7, 11) is -4.71. The Morgan fingerprint density at radius 3 is 2.51 bits per heavy atom. The Balaban J connectivity index is 0.734. The molecule has 0 bridgehead atoms. The van der Waals surface area contributed by atoms with E-state index in [1.54, 1.807) is 41.4 Å². The van der Waals surface area contributed by atoms with Gasteiger partial charge in [0.25, 0.3) is 33.4 Å². The molecule has 5 aliphatic rings. The lowest BCUT2D eigenvalue weighted by molar-refractivity contribution is -0.384. The van der Waals surface area contributed by atoms with Gasteiger partial charge in [-0.25, -0.2) is 18.1 Å². The Hall–Kier alpha value is -8.91. The van der Waals surface area contributed by atoms with Crippen molar-refractivity contribution in [3.05, 3.63) is 152 Å². The van der Waals surface area contributed by atoms with Gasteiger partial charge in [-0.15, -0.1) is 0 Å². The Morgan fingerprint density at radius 1 is 0.929 bits per heavy atom. The molecule has 438 valence electrons. The molecule has 6 amide bonds. The van der Waals surface area contributed by atoms with Crippen molar-refractivity contribution in [3.63, 3.8) is 0 Å². The minimum absolute atomic E-state index is 0.00171. The summed E-state index contributed by atoms with van der Waals surface area (Å²) in [4.78, 5) is 105. The molecule has 1 aliphatic carbocycles. The number of piperazine rings is 1. The lowest BCUT2D eigenvalue weighted by Crippen LogP contribution is -2.54. The molecule has 4 aromatic carbocycles. The molecule has 23 heteroatoms. The van der Waals surface area contributed by atoms with Crippen molar-refractivity contribution in [3.8, 4) is 23.3 Å². The molecule has 0 saturated carbocycles. The summed E-state index contributed by atoms with van der Waals surface area (Å²) < 4.78 is 36.5. The predicted octanol–water partition coefficient (Wildman–Crippen LogP) is 8.31. The van der Waals surface area contributed by atoms with E-state index in [9.17, 15) is 47.3 Å². The maximum atomic E-state index is 14.2.